The van der Waals surface area contributed by atoms with Gasteiger partial charge in [0.25, 0.3) is 0 Å². The summed E-state index contributed by atoms with van der Waals surface area (Å²) in [5.74, 6) is -1.86. The zero-order valence-corrected chi connectivity index (χ0v) is 17.5. The van der Waals surface area contributed by atoms with Crippen LogP contribution in [0, 0.1) is 28.6 Å². The van der Waals surface area contributed by atoms with Gasteiger partial charge in [-0.2, -0.15) is 0 Å². The van der Waals surface area contributed by atoms with Gasteiger partial charge in [-0.15, -0.1) is 0 Å². The van der Waals surface area contributed by atoms with Crippen molar-refractivity contribution >= 4 is 11.8 Å². The van der Waals surface area contributed by atoms with Crippen LogP contribution in [0.15, 0.2) is 23.5 Å². The molecular formula is C23H30F2O4. The Morgan fingerprint density at radius 2 is 1.93 bits per heavy atom. The molecule has 0 amide bonds. The first-order valence-corrected chi connectivity index (χ1v) is 10.7. The lowest BCUT2D eigenvalue weighted by Crippen LogP contribution is -2.63. The van der Waals surface area contributed by atoms with Crippen LogP contribution in [0.5, 0.6) is 0 Å². The summed E-state index contributed by atoms with van der Waals surface area (Å²) in [7, 11) is 0. The molecule has 3 fully saturated rings. The molecule has 6 heteroatoms. The molecule has 0 heterocycles. The first-order valence-electron chi connectivity index (χ1n) is 10.7. The monoisotopic (exact) mass is 408 g/mol. The van der Waals surface area contributed by atoms with Crippen molar-refractivity contribution in [1.29, 1.82) is 0 Å². The molecule has 4 nitrogen and oxygen atoms in total. The third-order valence-corrected chi connectivity index (χ3v) is 8.58. The Bertz CT molecular complexity index is 820. The van der Waals surface area contributed by atoms with E-state index in [0.29, 0.717) is 12.8 Å². The molecule has 160 valence electrons. The van der Waals surface area contributed by atoms with E-state index < -0.39 is 34.4 Å². The minimum absolute atomic E-state index is 0.0140. The molecule has 4 aliphatic carbocycles. The predicted octanol–water partition coefficient (Wildman–Crippen LogP) is 4.79. The number of hydrogen-bond donors (Lipinski definition) is 1. The van der Waals surface area contributed by atoms with Crippen LogP contribution in [0.3, 0.4) is 0 Å². The molecule has 0 spiro atoms. The standard InChI is InChI=1S/C23H30F2O4/c1-5-19(28)29-20-12(2)8-14-15-11-17(24)16-9-13(26)10-18(27)22(16,4)23(15,25)7-6-21(14,20)3/h9-10,12,14-15,17,20,27H,5-8,11H2,1-4H3/t12-,14+,15+,17+,20+,21+,22-,23-/m1/s1. The number of carbonyl (C=O) groups excluding carboxylic acids is 2. The van der Waals surface area contributed by atoms with E-state index in [1.807, 2.05) is 13.8 Å². The van der Waals surface area contributed by atoms with Crippen LogP contribution >= 0.6 is 0 Å². The van der Waals surface area contributed by atoms with E-state index in [9.17, 15) is 14.7 Å². The Balaban J connectivity index is 1.76. The van der Waals surface area contributed by atoms with E-state index in [-0.39, 0.29) is 54.5 Å². The second kappa shape index (κ2) is 6.39. The maximum Gasteiger partial charge on any atom is 0.305 e. The average molecular weight is 408 g/mol. The Morgan fingerprint density at radius 1 is 1.24 bits per heavy atom. The number of aliphatic hydroxyl groups is 1. The van der Waals surface area contributed by atoms with E-state index in [0.717, 1.165) is 6.08 Å². The number of carbonyl (C=O) groups is 2. The summed E-state index contributed by atoms with van der Waals surface area (Å²) < 4.78 is 37.9. The molecule has 0 aromatic carbocycles. The summed E-state index contributed by atoms with van der Waals surface area (Å²) in [4.78, 5) is 23.9. The van der Waals surface area contributed by atoms with E-state index >= 15 is 8.78 Å². The zero-order valence-electron chi connectivity index (χ0n) is 17.5. The molecule has 0 aromatic rings. The van der Waals surface area contributed by atoms with E-state index in [2.05, 4.69) is 0 Å². The van der Waals surface area contributed by atoms with Crippen molar-refractivity contribution in [2.24, 2.45) is 28.6 Å². The van der Waals surface area contributed by atoms with Crippen molar-refractivity contribution in [2.45, 2.75) is 77.7 Å². The normalized spacial score (nSPS) is 48.8. The van der Waals surface area contributed by atoms with Gasteiger partial charge >= 0.3 is 5.97 Å². The van der Waals surface area contributed by atoms with Gasteiger partial charge in [-0.1, -0.05) is 20.8 Å². The lowest BCUT2D eigenvalue weighted by molar-refractivity contribution is -0.175. The molecule has 1 N–H and O–H groups in total. The van der Waals surface area contributed by atoms with Crippen LogP contribution in [0.4, 0.5) is 8.78 Å². The molecule has 29 heavy (non-hydrogen) atoms. The molecular weight excluding hydrogens is 378 g/mol. The van der Waals surface area contributed by atoms with E-state index in [4.69, 9.17) is 4.74 Å². The molecule has 4 aliphatic rings. The number of esters is 1. The van der Waals surface area contributed by atoms with Crippen molar-refractivity contribution in [3.8, 4) is 0 Å². The number of halogens is 2. The molecule has 0 aromatic heterocycles. The minimum Gasteiger partial charge on any atom is -0.511 e. The highest BCUT2D eigenvalue weighted by Crippen LogP contribution is 2.70. The van der Waals surface area contributed by atoms with Gasteiger partial charge in [-0.05, 0) is 56.1 Å². The van der Waals surface area contributed by atoms with Crippen molar-refractivity contribution in [3.63, 3.8) is 0 Å². The third-order valence-electron chi connectivity index (χ3n) is 8.58. The van der Waals surface area contributed by atoms with Crippen molar-refractivity contribution in [3.05, 3.63) is 23.5 Å². The number of hydrogen-bond acceptors (Lipinski definition) is 4. The topological polar surface area (TPSA) is 63.6 Å². The lowest BCUT2D eigenvalue weighted by atomic mass is 9.46. The van der Waals surface area contributed by atoms with Gasteiger partial charge in [-0.25, -0.2) is 8.78 Å². The van der Waals surface area contributed by atoms with Gasteiger partial charge in [0, 0.05) is 23.8 Å². The largest absolute Gasteiger partial charge is 0.511 e. The van der Waals surface area contributed by atoms with Crippen LogP contribution in [0.1, 0.15) is 59.8 Å². The molecule has 0 saturated heterocycles. The number of fused-ring (bicyclic) bond motifs is 5. The zero-order chi connectivity index (χ0) is 21.4. The molecule has 0 aliphatic heterocycles. The SMILES string of the molecule is CCC(=O)O[C@H]1[C@H](C)C[C@H]2[C@@H]3C[C@H](F)C4=CC(=O)C=C(O)[C@]4(C)[C@@]3(F)CC[C@@]21C. The van der Waals surface area contributed by atoms with Crippen molar-refractivity contribution in [1.82, 2.24) is 0 Å². The van der Waals surface area contributed by atoms with E-state index in [1.165, 1.54) is 13.0 Å². The fraction of sp³-hybridized carbons (Fsp3) is 0.739. The number of ether oxygens (including phenoxy) is 1. The highest BCUT2D eigenvalue weighted by atomic mass is 19.1. The first kappa shape index (κ1) is 20.5. The Hall–Kier alpha value is -1.72. The second-order valence-corrected chi connectivity index (χ2v) is 9.92. The number of alkyl halides is 2. The summed E-state index contributed by atoms with van der Waals surface area (Å²) in [5, 5.41) is 10.6. The highest BCUT2D eigenvalue weighted by Gasteiger charge is 2.71. The summed E-state index contributed by atoms with van der Waals surface area (Å²) in [5.41, 5.74) is -3.75. The summed E-state index contributed by atoms with van der Waals surface area (Å²) in [6.07, 6.45) is 1.93. The maximum atomic E-state index is 16.9. The number of allylic oxidation sites excluding steroid dienone is 3. The number of rotatable bonds is 2. The van der Waals surface area contributed by atoms with Crippen LogP contribution in [0.2, 0.25) is 0 Å². The minimum atomic E-state index is -1.85. The molecule has 0 unspecified atom stereocenters. The predicted molar refractivity (Wildman–Crippen MR) is 104 cm³/mol. The van der Waals surface area contributed by atoms with Gasteiger partial charge < -0.3 is 9.84 Å². The van der Waals surface area contributed by atoms with Gasteiger partial charge in [0.15, 0.2) is 5.78 Å². The lowest BCUT2D eigenvalue weighted by Gasteiger charge is -2.60. The maximum absolute atomic E-state index is 16.9. The number of aliphatic hydroxyl groups excluding tert-OH is 1. The Labute approximate surface area is 170 Å². The van der Waals surface area contributed by atoms with Gasteiger partial charge in [-0.3, -0.25) is 9.59 Å². The molecule has 0 radical (unpaired) electrons. The summed E-state index contributed by atoms with van der Waals surface area (Å²) in [6, 6.07) is 0. The summed E-state index contributed by atoms with van der Waals surface area (Å²) >= 11 is 0. The van der Waals surface area contributed by atoms with Crippen molar-refractivity contribution in [2.75, 3.05) is 0 Å². The quantitative estimate of drug-likeness (QED) is 0.668. The fourth-order valence-electron chi connectivity index (χ4n) is 6.98. The summed E-state index contributed by atoms with van der Waals surface area (Å²) in [6.45, 7) is 7.33. The van der Waals surface area contributed by atoms with Gasteiger partial charge in [0.05, 0.1) is 5.41 Å². The first-order chi connectivity index (χ1) is 13.5. The van der Waals surface area contributed by atoms with Crippen LogP contribution in [-0.2, 0) is 14.3 Å². The molecule has 8 atom stereocenters. The average Bonchev–Trinajstić information content (AvgIpc) is 2.90. The number of ketones is 1. The van der Waals surface area contributed by atoms with Crippen LogP contribution < -0.4 is 0 Å². The smallest absolute Gasteiger partial charge is 0.305 e. The Kier molecular flexibility index (Phi) is 4.53. The fourth-order valence-corrected chi connectivity index (χ4v) is 6.98. The molecule has 3 saturated carbocycles. The van der Waals surface area contributed by atoms with Crippen molar-refractivity contribution < 1.29 is 28.2 Å². The van der Waals surface area contributed by atoms with Gasteiger partial charge in [0.1, 0.15) is 23.7 Å². The van der Waals surface area contributed by atoms with Crippen LogP contribution in [0.25, 0.3) is 0 Å². The highest BCUT2D eigenvalue weighted by molar-refractivity contribution is 6.02. The molecule has 0 bridgehead atoms. The third kappa shape index (κ3) is 2.53. The Morgan fingerprint density at radius 3 is 2.59 bits per heavy atom. The molecule has 4 rings (SSSR count). The second-order valence-electron chi connectivity index (χ2n) is 9.92. The van der Waals surface area contributed by atoms with Gasteiger partial charge in [0.2, 0.25) is 0 Å². The van der Waals surface area contributed by atoms with E-state index in [1.54, 1.807) is 6.92 Å². The van der Waals surface area contributed by atoms with Crippen LogP contribution in [-0.4, -0.2) is 34.8 Å².